The van der Waals surface area contributed by atoms with Crippen molar-refractivity contribution in [2.24, 2.45) is 0 Å². The number of hydrogen-bond donors (Lipinski definition) is 2. The first-order valence-electron chi connectivity index (χ1n) is 9.87. The lowest BCUT2D eigenvalue weighted by Gasteiger charge is -2.45. The molecule has 0 radical (unpaired) electrons. The Balaban J connectivity index is 1.39. The number of piperidine rings is 1. The van der Waals surface area contributed by atoms with E-state index in [-0.39, 0.29) is 5.82 Å². The summed E-state index contributed by atoms with van der Waals surface area (Å²) in [6.07, 6.45) is 2.15. The zero-order valence-corrected chi connectivity index (χ0v) is 15.7. The molecule has 0 spiro atoms. The van der Waals surface area contributed by atoms with Gasteiger partial charge < -0.3 is 19.7 Å². The van der Waals surface area contributed by atoms with E-state index in [1.807, 2.05) is 23.1 Å². The van der Waals surface area contributed by atoms with Gasteiger partial charge in [0.05, 0.1) is 5.60 Å². The first-order valence-corrected chi connectivity index (χ1v) is 9.87. The molecule has 2 N–H and O–H groups in total. The number of benzene rings is 2. The molecule has 1 fully saturated rings. The molecule has 1 saturated heterocycles. The van der Waals surface area contributed by atoms with E-state index in [4.69, 9.17) is 9.47 Å². The van der Waals surface area contributed by atoms with E-state index in [9.17, 15) is 14.6 Å². The van der Waals surface area contributed by atoms with E-state index >= 15 is 0 Å². The number of likely N-dealkylation sites (tertiary alicyclic amines) is 1. The van der Waals surface area contributed by atoms with Crippen molar-refractivity contribution in [1.29, 1.82) is 0 Å². The number of nitrogens with zero attached hydrogens (tertiary/aromatic N) is 1. The predicted octanol–water partition coefficient (Wildman–Crippen LogP) is 2.67. The average molecular weight is 385 g/mol. The largest absolute Gasteiger partial charge is 0.486 e. The summed E-state index contributed by atoms with van der Waals surface area (Å²) in [7, 11) is 0. The predicted molar refractivity (Wildman–Crippen MR) is 101 cm³/mol. The first-order chi connectivity index (χ1) is 13.5. The third kappa shape index (κ3) is 2.70. The molecule has 0 amide bonds. The van der Waals surface area contributed by atoms with Gasteiger partial charge in [-0.1, -0.05) is 18.2 Å². The third-order valence-corrected chi connectivity index (χ3v) is 6.42. The van der Waals surface area contributed by atoms with E-state index in [1.54, 1.807) is 6.07 Å². The van der Waals surface area contributed by atoms with Crippen molar-refractivity contribution in [3.05, 3.63) is 58.9 Å². The van der Waals surface area contributed by atoms with Crippen molar-refractivity contribution in [2.45, 2.75) is 37.0 Å². The lowest BCUT2D eigenvalue weighted by Crippen LogP contribution is -2.52. The van der Waals surface area contributed by atoms with Crippen LogP contribution in [0.4, 0.5) is 4.39 Å². The van der Waals surface area contributed by atoms with Gasteiger partial charge in [0.25, 0.3) is 0 Å². The SMILES string of the molecule is OC1(c2cccc3c2OCCO3)CCN(C2(O)CCc3cc(F)ccc32)CC1. The summed E-state index contributed by atoms with van der Waals surface area (Å²) < 4.78 is 25.0. The Hall–Kier alpha value is -2.15. The molecular formula is C22H24FNO4. The summed E-state index contributed by atoms with van der Waals surface area (Å²) in [6.45, 7) is 2.05. The average Bonchev–Trinajstić information content (AvgIpc) is 3.05. The molecule has 148 valence electrons. The van der Waals surface area contributed by atoms with E-state index < -0.39 is 11.3 Å². The second-order valence-corrected chi connectivity index (χ2v) is 7.97. The molecule has 1 unspecified atom stereocenters. The Labute approximate surface area is 163 Å². The van der Waals surface area contributed by atoms with Crippen LogP contribution in [0.5, 0.6) is 11.5 Å². The number of ether oxygens (including phenoxy) is 2. The molecule has 5 rings (SSSR count). The van der Waals surface area contributed by atoms with Gasteiger partial charge in [0.1, 0.15) is 24.8 Å². The van der Waals surface area contributed by atoms with E-state index in [2.05, 4.69) is 0 Å². The number of hydrogen-bond acceptors (Lipinski definition) is 5. The normalized spacial score (nSPS) is 26.1. The van der Waals surface area contributed by atoms with Crippen molar-refractivity contribution in [2.75, 3.05) is 26.3 Å². The Bertz CT molecular complexity index is 909. The fraction of sp³-hybridized carbons (Fsp3) is 0.455. The number of halogens is 1. The molecule has 2 aliphatic heterocycles. The summed E-state index contributed by atoms with van der Waals surface area (Å²) in [4.78, 5) is 2.01. The van der Waals surface area contributed by atoms with Crippen LogP contribution in [-0.4, -0.2) is 41.4 Å². The lowest BCUT2D eigenvalue weighted by molar-refractivity contribution is -0.150. The molecule has 2 aromatic carbocycles. The van der Waals surface area contributed by atoms with Crippen LogP contribution in [0.1, 0.15) is 36.0 Å². The van der Waals surface area contributed by atoms with Crippen LogP contribution in [-0.2, 0) is 17.7 Å². The van der Waals surface area contributed by atoms with Gasteiger partial charge in [-0.3, -0.25) is 4.90 Å². The van der Waals surface area contributed by atoms with Crippen molar-refractivity contribution in [1.82, 2.24) is 4.90 Å². The number of para-hydroxylation sites is 1. The fourth-order valence-electron chi connectivity index (χ4n) is 4.89. The molecule has 28 heavy (non-hydrogen) atoms. The van der Waals surface area contributed by atoms with Gasteiger partial charge in [-0.15, -0.1) is 0 Å². The van der Waals surface area contributed by atoms with E-state index in [1.165, 1.54) is 12.1 Å². The third-order valence-electron chi connectivity index (χ3n) is 6.42. The highest BCUT2D eigenvalue weighted by atomic mass is 19.1. The monoisotopic (exact) mass is 385 g/mol. The minimum absolute atomic E-state index is 0.271. The molecular weight excluding hydrogens is 361 g/mol. The Kier molecular flexibility index (Phi) is 4.12. The fourth-order valence-corrected chi connectivity index (χ4v) is 4.89. The minimum Gasteiger partial charge on any atom is -0.486 e. The quantitative estimate of drug-likeness (QED) is 0.832. The van der Waals surface area contributed by atoms with Gasteiger partial charge in [-0.2, -0.15) is 0 Å². The van der Waals surface area contributed by atoms with Gasteiger partial charge >= 0.3 is 0 Å². The Morgan fingerprint density at radius 3 is 2.54 bits per heavy atom. The van der Waals surface area contributed by atoms with E-state index in [0.29, 0.717) is 63.5 Å². The molecule has 1 aliphatic carbocycles. The maximum Gasteiger partial charge on any atom is 0.167 e. The molecule has 6 heteroatoms. The maximum atomic E-state index is 13.5. The first kappa shape index (κ1) is 17.9. The maximum absolute atomic E-state index is 13.5. The Morgan fingerprint density at radius 2 is 1.71 bits per heavy atom. The van der Waals surface area contributed by atoms with Crippen LogP contribution < -0.4 is 9.47 Å². The molecule has 3 aliphatic rings. The summed E-state index contributed by atoms with van der Waals surface area (Å²) in [5.41, 5.74) is 0.285. The number of aryl methyl sites for hydroxylation is 1. The van der Waals surface area contributed by atoms with Crippen LogP contribution in [0.2, 0.25) is 0 Å². The number of aliphatic hydroxyl groups is 2. The van der Waals surface area contributed by atoms with Gasteiger partial charge in [0, 0.05) is 24.2 Å². The smallest absolute Gasteiger partial charge is 0.167 e. The summed E-state index contributed by atoms with van der Waals surface area (Å²) in [5, 5.41) is 22.8. The number of rotatable bonds is 2. The zero-order chi connectivity index (χ0) is 19.4. The minimum atomic E-state index is -1.10. The zero-order valence-electron chi connectivity index (χ0n) is 15.7. The van der Waals surface area contributed by atoms with Crippen molar-refractivity contribution < 1.29 is 24.1 Å². The molecule has 0 saturated carbocycles. The van der Waals surface area contributed by atoms with Crippen LogP contribution in [0.3, 0.4) is 0 Å². The van der Waals surface area contributed by atoms with E-state index in [0.717, 1.165) is 16.7 Å². The summed E-state index contributed by atoms with van der Waals surface area (Å²) in [6, 6.07) is 10.2. The van der Waals surface area contributed by atoms with Gasteiger partial charge in [-0.25, -0.2) is 4.39 Å². The second-order valence-electron chi connectivity index (χ2n) is 7.97. The molecule has 5 nitrogen and oxygen atoms in total. The highest BCUT2D eigenvalue weighted by Gasteiger charge is 2.47. The molecule has 0 aromatic heterocycles. The van der Waals surface area contributed by atoms with Crippen LogP contribution in [0, 0.1) is 5.82 Å². The Morgan fingerprint density at radius 1 is 0.929 bits per heavy atom. The highest BCUT2D eigenvalue weighted by molar-refractivity contribution is 5.50. The van der Waals surface area contributed by atoms with Crippen LogP contribution >= 0.6 is 0 Å². The molecule has 1 atom stereocenters. The summed E-state index contributed by atoms with van der Waals surface area (Å²) >= 11 is 0. The van der Waals surface area contributed by atoms with Crippen molar-refractivity contribution in [3.63, 3.8) is 0 Å². The molecule has 2 aromatic rings. The summed E-state index contributed by atoms with van der Waals surface area (Å²) in [5.74, 6) is 1.03. The van der Waals surface area contributed by atoms with Gasteiger partial charge in [0.2, 0.25) is 0 Å². The standard InChI is InChI=1S/C22H24FNO4/c23-16-4-5-17-15(14-16)6-7-22(17,26)24-10-8-21(25,9-11-24)18-2-1-3-19-20(18)28-13-12-27-19/h1-5,14,25-26H,6-13H2. The van der Waals surface area contributed by atoms with Gasteiger partial charge in [0.15, 0.2) is 11.5 Å². The number of fused-ring (bicyclic) bond motifs is 2. The van der Waals surface area contributed by atoms with Crippen LogP contribution in [0.25, 0.3) is 0 Å². The lowest BCUT2D eigenvalue weighted by atomic mass is 9.82. The van der Waals surface area contributed by atoms with Crippen LogP contribution in [0.15, 0.2) is 36.4 Å². The topological polar surface area (TPSA) is 62.2 Å². The van der Waals surface area contributed by atoms with Gasteiger partial charge in [-0.05, 0) is 49.4 Å². The highest BCUT2D eigenvalue weighted by Crippen LogP contribution is 2.47. The second kappa shape index (κ2) is 6.44. The van der Waals surface area contributed by atoms with Crippen molar-refractivity contribution in [3.8, 4) is 11.5 Å². The molecule has 2 heterocycles. The van der Waals surface area contributed by atoms with Crippen molar-refractivity contribution >= 4 is 0 Å². The molecule has 0 bridgehead atoms.